The lowest BCUT2D eigenvalue weighted by molar-refractivity contribution is -0.120. The third-order valence-electron chi connectivity index (χ3n) is 4.10. The Kier molecular flexibility index (Phi) is 6.04. The van der Waals surface area contributed by atoms with Crippen LogP contribution in [-0.2, 0) is 14.4 Å². The zero-order chi connectivity index (χ0) is 19.1. The maximum atomic E-state index is 12.0. The van der Waals surface area contributed by atoms with Crippen molar-refractivity contribution >= 4 is 29.4 Å². The van der Waals surface area contributed by atoms with E-state index >= 15 is 0 Å². The largest absolute Gasteiger partial charge is 0.497 e. The standard InChI is InChI=1S/C20H21N3O4/c1-26-18-9-7-15(8-10-18)13-21-27-14-19(24)22-16-4-2-5-17(12-16)23-11-3-6-20(23)25/h2,4-5,7-10,12-13H,3,6,11,14H2,1H3,(H,22,24)/b21-13-. The number of carbonyl (C=O) groups excluding carboxylic acids is 2. The van der Waals surface area contributed by atoms with Crippen LogP contribution in [0.2, 0.25) is 0 Å². The molecule has 1 fully saturated rings. The first-order valence-corrected chi connectivity index (χ1v) is 8.65. The van der Waals surface area contributed by atoms with E-state index in [0.29, 0.717) is 18.7 Å². The van der Waals surface area contributed by atoms with Gasteiger partial charge in [0.15, 0.2) is 6.61 Å². The molecule has 1 saturated heterocycles. The number of carbonyl (C=O) groups is 2. The fraction of sp³-hybridized carbons (Fsp3) is 0.250. The van der Waals surface area contributed by atoms with Crippen LogP contribution < -0.4 is 15.0 Å². The molecule has 0 aliphatic carbocycles. The van der Waals surface area contributed by atoms with Gasteiger partial charge in [-0.3, -0.25) is 9.59 Å². The van der Waals surface area contributed by atoms with Crippen molar-refractivity contribution in [1.82, 2.24) is 0 Å². The van der Waals surface area contributed by atoms with Gasteiger partial charge in [-0.15, -0.1) is 0 Å². The molecule has 0 radical (unpaired) electrons. The summed E-state index contributed by atoms with van der Waals surface area (Å²) in [7, 11) is 1.60. The number of hydrogen-bond donors (Lipinski definition) is 1. The van der Waals surface area contributed by atoms with Crippen molar-refractivity contribution < 1.29 is 19.2 Å². The fourth-order valence-corrected chi connectivity index (χ4v) is 2.75. The minimum absolute atomic E-state index is 0.106. The summed E-state index contributed by atoms with van der Waals surface area (Å²) < 4.78 is 5.08. The molecule has 0 aromatic heterocycles. The molecule has 0 atom stereocenters. The third-order valence-corrected chi connectivity index (χ3v) is 4.10. The highest BCUT2D eigenvalue weighted by atomic mass is 16.6. The van der Waals surface area contributed by atoms with Gasteiger partial charge >= 0.3 is 0 Å². The van der Waals surface area contributed by atoms with Crippen LogP contribution in [0.4, 0.5) is 11.4 Å². The van der Waals surface area contributed by atoms with E-state index in [2.05, 4.69) is 10.5 Å². The molecule has 1 heterocycles. The molecule has 1 N–H and O–H groups in total. The Morgan fingerprint density at radius 2 is 2.07 bits per heavy atom. The van der Waals surface area contributed by atoms with E-state index in [-0.39, 0.29) is 18.4 Å². The lowest BCUT2D eigenvalue weighted by atomic mass is 10.2. The van der Waals surface area contributed by atoms with Gasteiger partial charge in [0.05, 0.1) is 13.3 Å². The Bertz CT molecular complexity index is 833. The van der Waals surface area contributed by atoms with E-state index in [1.165, 1.54) is 6.21 Å². The quantitative estimate of drug-likeness (QED) is 0.603. The molecule has 0 bridgehead atoms. The second-order valence-corrected chi connectivity index (χ2v) is 6.03. The van der Waals surface area contributed by atoms with Gasteiger partial charge in [0.25, 0.3) is 5.91 Å². The van der Waals surface area contributed by atoms with Gasteiger partial charge in [-0.2, -0.15) is 0 Å². The van der Waals surface area contributed by atoms with Crippen LogP contribution >= 0.6 is 0 Å². The molecule has 27 heavy (non-hydrogen) atoms. The monoisotopic (exact) mass is 367 g/mol. The van der Waals surface area contributed by atoms with Crippen LogP contribution in [-0.4, -0.2) is 38.3 Å². The van der Waals surface area contributed by atoms with Crippen LogP contribution in [0.3, 0.4) is 0 Å². The molecule has 1 aliphatic heterocycles. The number of nitrogens with zero attached hydrogens (tertiary/aromatic N) is 2. The predicted molar refractivity (Wildman–Crippen MR) is 103 cm³/mol. The molecule has 2 aromatic carbocycles. The van der Waals surface area contributed by atoms with Crippen molar-refractivity contribution in [3.05, 3.63) is 54.1 Å². The Labute approximate surface area is 157 Å². The van der Waals surface area contributed by atoms with Gasteiger partial charge in [0, 0.05) is 24.3 Å². The van der Waals surface area contributed by atoms with Crippen molar-refractivity contribution in [2.24, 2.45) is 5.16 Å². The van der Waals surface area contributed by atoms with Gasteiger partial charge in [-0.25, -0.2) is 0 Å². The van der Waals surface area contributed by atoms with Crippen LogP contribution in [0.15, 0.2) is 53.7 Å². The molecule has 2 aromatic rings. The highest BCUT2D eigenvalue weighted by Crippen LogP contribution is 2.24. The Morgan fingerprint density at radius 1 is 1.26 bits per heavy atom. The molecule has 0 saturated carbocycles. The predicted octanol–water partition coefficient (Wildman–Crippen LogP) is 2.81. The summed E-state index contributed by atoms with van der Waals surface area (Å²) in [6.07, 6.45) is 2.94. The molecule has 1 aliphatic rings. The lowest BCUT2D eigenvalue weighted by Gasteiger charge is -2.16. The topological polar surface area (TPSA) is 80.2 Å². The van der Waals surface area contributed by atoms with E-state index < -0.39 is 0 Å². The summed E-state index contributed by atoms with van der Waals surface area (Å²) in [5.74, 6) is 0.534. The normalized spacial score (nSPS) is 13.8. The number of hydrogen-bond acceptors (Lipinski definition) is 5. The molecule has 7 nitrogen and oxygen atoms in total. The summed E-state index contributed by atoms with van der Waals surface area (Å²) in [5.41, 5.74) is 2.23. The summed E-state index contributed by atoms with van der Waals surface area (Å²) >= 11 is 0. The first-order valence-electron chi connectivity index (χ1n) is 8.65. The average molecular weight is 367 g/mol. The smallest absolute Gasteiger partial charge is 0.265 e. The first kappa shape index (κ1) is 18.4. The molecule has 140 valence electrons. The molecular formula is C20H21N3O4. The van der Waals surface area contributed by atoms with E-state index in [1.807, 2.05) is 30.3 Å². The number of benzene rings is 2. The number of methoxy groups -OCH3 is 1. The molecule has 2 amide bonds. The molecule has 3 rings (SSSR count). The van der Waals surface area contributed by atoms with Gasteiger partial charge in [0.1, 0.15) is 5.75 Å². The van der Waals surface area contributed by atoms with Gasteiger partial charge in [-0.05, 0) is 54.4 Å². The first-order chi connectivity index (χ1) is 13.2. The Hall–Kier alpha value is -3.35. The van der Waals surface area contributed by atoms with Gasteiger partial charge in [-0.1, -0.05) is 11.2 Å². The highest BCUT2D eigenvalue weighted by molar-refractivity contribution is 5.97. The van der Waals surface area contributed by atoms with Crippen LogP contribution in [0.25, 0.3) is 0 Å². The third kappa shape index (κ3) is 5.07. The fourth-order valence-electron chi connectivity index (χ4n) is 2.75. The van der Waals surface area contributed by atoms with Crippen molar-refractivity contribution in [1.29, 1.82) is 0 Å². The summed E-state index contributed by atoms with van der Waals surface area (Å²) in [6, 6.07) is 14.5. The Balaban J connectivity index is 1.49. The van der Waals surface area contributed by atoms with Crippen molar-refractivity contribution in [2.75, 3.05) is 30.5 Å². The summed E-state index contributed by atoms with van der Waals surface area (Å²) in [5, 5.41) is 6.53. The second kappa shape index (κ2) is 8.84. The van der Waals surface area contributed by atoms with Crippen molar-refractivity contribution in [3.8, 4) is 5.75 Å². The summed E-state index contributed by atoms with van der Waals surface area (Å²) in [4.78, 5) is 30.6. The molecule has 0 unspecified atom stereocenters. The zero-order valence-corrected chi connectivity index (χ0v) is 15.1. The number of oxime groups is 1. The Morgan fingerprint density at radius 3 is 2.78 bits per heavy atom. The van der Waals surface area contributed by atoms with E-state index in [1.54, 1.807) is 30.2 Å². The maximum absolute atomic E-state index is 12.0. The van der Waals surface area contributed by atoms with Gasteiger partial charge in [0.2, 0.25) is 5.91 Å². The minimum Gasteiger partial charge on any atom is -0.497 e. The average Bonchev–Trinajstić information content (AvgIpc) is 3.12. The van der Waals surface area contributed by atoms with Crippen molar-refractivity contribution in [3.63, 3.8) is 0 Å². The van der Waals surface area contributed by atoms with Gasteiger partial charge < -0.3 is 19.8 Å². The van der Waals surface area contributed by atoms with Crippen LogP contribution in [0.5, 0.6) is 5.75 Å². The number of rotatable bonds is 7. The van der Waals surface area contributed by atoms with Crippen molar-refractivity contribution in [2.45, 2.75) is 12.8 Å². The minimum atomic E-state index is -0.327. The molecular weight excluding hydrogens is 346 g/mol. The molecule has 0 spiro atoms. The molecule has 7 heteroatoms. The maximum Gasteiger partial charge on any atom is 0.265 e. The van der Waals surface area contributed by atoms with E-state index in [0.717, 1.165) is 23.4 Å². The lowest BCUT2D eigenvalue weighted by Crippen LogP contribution is -2.24. The second-order valence-electron chi connectivity index (χ2n) is 6.03. The number of amides is 2. The van der Waals surface area contributed by atoms with Crippen LogP contribution in [0.1, 0.15) is 18.4 Å². The summed E-state index contributed by atoms with van der Waals surface area (Å²) in [6.45, 7) is 0.499. The van der Waals surface area contributed by atoms with E-state index in [4.69, 9.17) is 9.57 Å². The number of ether oxygens (including phenoxy) is 1. The number of nitrogens with one attached hydrogen (secondary N) is 1. The SMILES string of the molecule is COc1ccc(/C=N\OCC(=O)Nc2cccc(N3CCCC3=O)c2)cc1. The number of anilines is 2. The highest BCUT2D eigenvalue weighted by Gasteiger charge is 2.21. The zero-order valence-electron chi connectivity index (χ0n) is 15.1. The van der Waals surface area contributed by atoms with Crippen LogP contribution in [0, 0.1) is 0 Å². The van der Waals surface area contributed by atoms with E-state index in [9.17, 15) is 9.59 Å².